The molecule has 0 saturated carbocycles. The van der Waals surface area contributed by atoms with Gasteiger partial charge in [0.05, 0.1) is 87.9 Å². The van der Waals surface area contributed by atoms with E-state index in [0.29, 0.717) is 96.2 Å². The van der Waals surface area contributed by atoms with Crippen LogP contribution in [-0.2, 0) is 0 Å². The van der Waals surface area contributed by atoms with Crippen molar-refractivity contribution in [2.24, 2.45) is 0 Å². The van der Waals surface area contributed by atoms with Gasteiger partial charge in [-0.1, -0.05) is 29.3 Å². The first-order valence-corrected chi connectivity index (χ1v) is 42.3. The van der Waals surface area contributed by atoms with Gasteiger partial charge in [-0.3, -0.25) is 65.9 Å². The summed E-state index contributed by atoms with van der Waals surface area (Å²) in [5, 5.41) is 17.9. The predicted molar refractivity (Wildman–Crippen MR) is 490 cm³/mol. The summed E-state index contributed by atoms with van der Waals surface area (Å²) in [6, 6.07) is 42.1. The molecule has 0 radical (unpaired) electrons. The highest BCUT2D eigenvalue weighted by Gasteiger charge is 2.23. The Kier molecular flexibility index (Phi) is 26.7. The van der Waals surface area contributed by atoms with Crippen molar-refractivity contribution < 1.29 is 18.3 Å². The Morgan fingerprint density at radius 1 is 0.325 bits per heavy atom. The maximum atomic E-state index is 13.4. The van der Waals surface area contributed by atoms with Crippen LogP contribution in [0.25, 0.3) is 84.3 Å². The summed E-state index contributed by atoms with van der Waals surface area (Å²) in [6.07, 6.45) is 20.9. The van der Waals surface area contributed by atoms with Gasteiger partial charge in [-0.05, 0) is 135 Å². The molecule has 126 heavy (non-hydrogen) atoms. The Labute approximate surface area is 732 Å². The van der Waals surface area contributed by atoms with Crippen LogP contribution in [0.2, 0.25) is 10.0 Å². The van der Waals surface area contributed by atoms with Gasteiger partial charge in [0.1, 0.15) is 34.2 Å². The number of fused-ring (bicyclic) bond motifs is 5. The highest BCUT2D eigenvalue weighted by molar-refractivity contribution is 6.31. The smallest absolute Gasteiger partial charge is 0.258 e. The van der Waals surface area contributed by atoms with Crippen molar-refractivity contribution in [1.29, 1.82) is 0 Å². The molecule has 3 atom stereocenters. The van der Waals surface area contributed by atoms with E-state index in [-0.39, 0.29) is 27.8 Å². The van der Waals surface area contributed by atoms with Gasteiger partial charge < -0.3 is 60.6 Å². The van der Waals surface area contributed by atoms with Crippen molar-refractivity contribution in [2.45, 2.75) is 38.9 Å². The fourth-order valence-electron chi connectivity index (χ4n) is 15.8. The first kappa shape index (κ1) is 86.1. The molecule has 1 aromatic carbocycles. The van der Waals surface area contributed by atoms with Gasteiger partial charge in [-0.2, -0.15) is 0 Å². The van der Waals surface area contributed by atoms with Gasteiger partial charge in [-0.15, -0.1) is 0 Å². The lowest BCUT2D eigenvalue weighted by Gasteiger charge is -2.33. The van der Waals surface area contributed by atoms with Crippen LogP contribution in [0, 0.1) is 11.6 Å². The van der Waals surface area contributed by atoms with Crippen molar-refractivity contribution >= 4 is 79.7 Å². The fourth-order valence-corrected chi connectivity index (χ4v) is 16.2. The predicted octanol–water partition coefficient (Wildman–Crippen LogP) is 9.81. The van der Waals surface area contributed by atoms with Crippen LogP contribution in [0.1, 0.15) is 20.8 Å². The number of nitrogens with one attached hydrogen (secondary N) is 5. The third-order valence-corrected chi connectivity index (χ3v) is 22.7. The maximum Gasteiger partial charge on any atom is 0.258 e. The lowest BCUT2D eigenvalue weighted by molar-refractivity contribution is 0.355. The summed E-state index contributed by atoms with van der Waals surface area (Å²) in [6.45, 7) is 22.2. The van der Waals surface area contributed by atoms with Gasteiger partial charge in [-0.25, -0.2) is 28.7 Å². The molecule has 0 aliphatic carbocycles. The standard InChI is InChI=1S/C22H25N3O3.C18H18ClN5O.C18H18FN5O.C17H16ClN5O.C17H16FN5O/c1-15-13-24(9-8-23-15)19-6-5-18-10-17(12-22(26)25(18)14-19)16-4-7-20(27-2)21(11-16)28-3;2*1-12-10-23(5-4-21-12)15-2-3-17-22-16(7-18(25)24(17)11-15)13-6-14(19)9-20-8-13;2*18-13-7-12(9-20-10-13)15-8-17(24)23-11-14(1-2-16(23)21-15)22-5-3-19-4-6-22/h4-7,10-12,14-15,23H,8-9,13H2,1-3H3;2*2-3,6-9,11-12,21H,4-5,10H2,1H3;2*1-2,7-11,19H,3-6H2/t15-;2*12-;;/m000../s1. The number of piperazine rings is 5. The average Bonchev–Trinajstić information content (AvgIpc) is 0.803. The van der Waals surface area contributed by atoms with Gasteiger partial charge in [0.2, 0.25) is 0 Å². The second-order valence-electron chi connectivity index (χ2n) is 31.2. The van der Waals surface area contributed by atoms with E-state index in [4.69, 9.17) is 32.7 Å². The topological polar surface area (TPSA) is 305 Å². The maximum absolute atomic E-state index is 13.4. The molecular formula is C92H93Cl2F2N23O7. The summed E-state index contributed by atoms with van der Waals surface area (Å²) in [4.78, 5) is 108. The molecule has 0 bridgehead atoms. The number of anilines is 5. The van der Waals surface area contributed by atoms with E-state index in [1.807, 2.05) is 110 Å². The zero-order valence-corrected chi connectivity index (χ0v) is 71.5. The number of aromatic nitrogens is 13. The van der Waals surface area contributed by atoms with Crippen LogP contribution in [0.5, 0.6) is 11.5 Å². The molecule has 0 amide bonds. The molecule has 5 N–H and O–H groups in total. The van der Waals surface area contributed by atoms with Crippen molar-refractivity contribution in [2.75, 3.05) is 150 Å². The molecule has 0 unspecified atom stereocenters. The molecule has 30 nitrogen and oxygen atoms in total. The Balaban J connectivity index is 0.000000116. The number of pyridine rings is 10. The minimum Gasteiger partial charge on any atom is -0.493 e. The van der Waals surface area contributed by atoms with Gasteiger partial charge >= 0.3 is 0 Å². The molecular weight excluding hydrogens is 1650 g/mol. The highest BCUT2D eigenvalue weighted by atomic mass is 35.5. The van der Waals surface area contributed by atoms with Crippen molar-refractivity contribution in [1.82, 2.24) is 88.5 Å². The van der Waals surface area contributed by atoms with E-state index in [1.165, 1.54) is 57.6 Å². The number of halogens is 4. The quantitative estimate of drug-likeness (QED) is 0.0759. The van der Waals surface area contributed by atoms with Crippen molar-refractivity contribution in [3.05, 3.63) is 294 Å². The van der Waals surface area contributed by atoms with Crippen LogP contribution in [0.3, 0.4) is 0 Å². The van der Waals surface area contributed by atoms with Crippen LogP contribution in [-0.4, -0.2) is 205 Å². The number of ether oxygens (including phenoxy) is 2. The Bertz CT molecular complexity index is 6490. The number of methoxy groups -OCH3 is 2. The summed E-state index contributed by atoms with van der Waals surface area (Å²) < 4.78 is 45.3. The van der Waals surface area contributed by atoms with Crippen LogP contribution < -0.4 is 88.4 Å². The van der Waals surface area contributed by atoms with Crippen molar-refractivity contribution in [3.63, 3.8) is 0 Å². The molecule has 0 spiro atoms. The highest BCUT2D eigenvalue weighted by Crippen LogP contribution is 2.34. The Hall–Kier alpha value is -13.5. The van der Waals surface area contributed by atoms with E-state index in [9.17, 15) is 32.8 Å². The molecule has 20 rings (SSSR count). The molecule has 5 fully saturated rings. The van der Waals surface area contributed by atoms with E-state index in [0.717, 1.165) is 180 Å². The van der Waals surface area contributed by atoms with E-state index in [1.54, 1.807) is 70.4 Å². The fraction of sp³-hybridized carbons (Fsp3) is 0.272. The molecule has 5 aliphatic rings. The van der Waals surface area contributed by atoms with Crippen LogP contribution in [0.4, 0.5) is 37.2 Å². The molecule has 5 aliphatic heterocycles. The lowest BCUT2D eigenvalue weighted by Crippen LogP contribution is -2.49. The third-order valence-electron chi connectivity index (χ3n) is 22.2. The summed E-state index contributed by atoms with van der Waals surface area (Å²) >= 11 is 12.0. The zero-order chi connectivity index (χ0) is 87.5. The normalized spacial score (nSPS) is 16.5. The van der Waals surface area contributed by atoms with Gasteiger partial charge in [0, 0.05) is 256 Å². The molecule has 5 saturated heterocycles. The summed E-state index contributed by atoms with van der Waals surface area (Å²) in [7, 11) is 3.21. The molecule has 14 aromatic heterocycles. The van der Waals surface area contributed by atoms with Gasteiger partial charge in [0.15, 0.2) is 11.5 Å². The number of benzene rings is 1. The van der Waals surface area contributed by atoms with Crippen LogP contribution in [0.15, 0.2) is 244 Å². The minimum absolute atomic E-state index is 0.0488. The van der Waals surface area contributed by atoms with E-state index < -0.39 is 11.6 Å². The Morgan fingerprint density at radius 3 is 1.00 bits per heavy atom. The second kappa shape index (κ2) is 39.2. The number of rotatable bonds is 12. The molecule has 34 heteroatoms. The summed E-state index contributed by atoms with van der Waals surface area (Å²) in [5.74, 6) is 0.397. The number of hydrogen-bond acceptors (Lipinski definition) is 25. The third kappa shape index (κ3) is 20.5. The monoisotopic (exact) mass is 1740 g/mol. The van der Waals surface area contributed by atoms with Crippen LogP contribution >= 0.6 is 23.2 Å². The minimum atomic E-state index is -0.456. The molecule has 15 aromatic rings. The second-order valence-corrected chi connectivity index (χ2v) is 32.0. The lowest BCUT2D eigenvalue weighted by atomic mass is 10.1. The Morgan fingerprint density at radius 2 is 0.651 bits per heavy atom. The van der Waals surface area contributed by atoms with Gasteiger partial charge in [0.25, 0.3) is 27.8 Å². The van der Waals surface area contributed by atoms with Crippen molar-refractivity contribution in [3.8, 4) is 67.7 Å². The van der Waals surface area contributed by atoms with E-state index >= 15 is 0 Å². The number of hydrogen-bond donors (Lipinski definition) is 5. The largest absolute Gasteiger partial charge is 0.493 e. The average molecular weight is 1740 g/mol. The van der Waals surface area contributed by atoms with E-state index in [2.05, 4.69) is 118 Å². The zero-order valence-electron chi connectivity index (χ0n) is 70.0. The first-order chi connectivity index (χ1) is 61.2. The summed E-state index contributed by atoms with van der Waals surface area (Å²) in [5.41, 5.74) is 13.7. The first-order valence-electron chi connectivity index (χ1n) is 41.5. The SMILES string of the molecule is COc1ccc(-c2cc(=O)n3cc(N4CCN[C@@H](C)C4)ccc3c2)cc1OC.C[C@H]1CN(c2ccc3nc(-c4cncc(Cl)c4)cc(=O)n3c2)CCN1.C[C@H]1CN(c2ccc3nc(-c4cncc(F)c4)cc(=O)n3c2)CCN1.O=c1cc(-c2cncc(Cl)c2)nc2ccc(N3CCNCC3)cn12.O=c1cc(-c2cncc(F)c2)nc2ccc(N3CCNCC3)cn12. The number of nitrogens with zero attached hydrogens (tertiary/aromatic N) is 18. The molecule has 646 valence electrons. The molecule has 19 heterocycles.